The Hall–Kier alpha value is -3.40. The third kappa shape index (κ3) is 4.63. The average molecular weight is 454 g/mol. The summed E-state index contributed by atoms with van der Waals surface area (Å²) in [5.41, 5.74) is 7.73. The number of nitrogens with zero attached hydrogens (tertiary/aromatic N) is 3. The highest BCUT2D eigenvalue weighted by atomic mass is 16.1. The van der Waals surface area contributed by atoms with Crippen LogP contribution in [-0.2, 0) is 6.42 Å². The number of Topliss-reactive ketones (excluding diaryl/α,β-unsaturated/α-hetero) is 1. The molecular weight excluding hydrogens is 422 g/mol. The van der Waals surface area contributed by atoms with E-state index in [0.717, 1.165) is 63.0 Å². The number of nitriles is 1. The number of aromatic amines is 1. The predicted octanol–water partition coefficient (Wildman–Crippen LogP) is 3.98. The van der Waals surface area contributed by atoms with Crippen LogP contribution in [0.2, 0.25) is 0 Å². The van der Waals surface area contributed by atoms with Gasteiger partial charge in [-0.1, -0.05) is 17.7 Å². The first kappa shape index (κ1) is 22.4. The number of aromatic nitrogens is 1. The molecule has 34 heavy (non-hydrogen) atoms. The Bertz CT molecular complexity index is 1270. The molecular formula is C28H31N5O. The van der Waals surface area contributed by atoms with Gasteiger partial charge in [-0.3, -0.25) is 9.69 Å². The van der Waals surface area contributed by atoms with Crippen LogP contribution in [0, 0.1) is 11.3 Å². The molecule has 6 heteroatoms. The molecule has 1 aromatic heterocycles. The highest BCUT2D eigenvalue weighted by molar-refractivity contribution is 6.08. The maximum atomic E-state index is 12.8. The van der Waals surface area contributed by atoms with E-state index in [1.54, 1.807) is 18.3 Å². The molecule has 0 amide bonds. The minimum absolute atomic E-state index is 0.142. The van der Waals surface area contributed by atoms with Crippen LogP contribution < -0.4 is 10.2 Å². The molecule has 2 aromatic carbocycles. The van der Waals surface area contributed by atoms with Crippen LogP contribution >= 0.6 is 0 Å². The first-order valence-corrected chi connectivity index (χ1v) is 12.1. The Balaban J connectivity index is 1.11. The first-order chi connectivity index (χ1) is 16.6. The lowest BCUT2D eigenvalue weighted by molar-refractivity contribution is 0.0976. The van der Waals surface area contributed by atoms with Gasteiger partial charge in [-0.2, -0.15) is 5.26 Å². The summed E-state index contributed by atoms with van der Waals surface area (Å²) in [5, 5.41) is 13.3. The number of likely N-dealkylation sites (N-methyl/N-ethyl adjacent to an activating group) is 1. The van der Waals surface area contributed by atoms with Crippen molar-refractivity contribution in [1.29, 1.82) is 5.26 Å². The quantitative estimate of drug-likeness (QED) is 0.505. The highest BCUT2D eigenvalue weighted by Gasteiger charge is 2.20. The number of hydrogen-bond acceptors (Lipinski definition) is 5. The van der Waals surface area contributed by atoms with Gasteiger partial charge >= 0.3 is 0 Å². The molecule has 0 bridgehead atoms. The van der Waals surface area contributed by atoms with Crippen molar-refractivity contribution in [2.75, 3.05) is 51.2 Å². The molecule has 174 valence electrons. The second-order valence-electron chi connectivity index (χ2n) is 9.32. The number of carbonyl (C=O) groups excluding carboxylic acids is 1. The van der Waals surface area contributed by atoms with Crippen molar-refractivity contribution in [3.63, 3.8) is 0 Å². The third-order valence-corrected chi connectivity index (χ3v) is 7.04. The van der Waals surface area contributed by atoms with Gasteiger partial charge in [-0.05, 0) is 67.9 Å². The molecule has 2 N–H and O–H groups in total. The number of fused-ring (bicyclic) bond motifs is 2. The minimum atomic E-state index is 0.142. The number of piperazine rings is 1. The molecule has 1 fully saturated rings. The second kappa shape index (κ2) is 9.84. The van der Waals surface area contributed by atoms with Gasteiger partial charge in [-0.25, -0.2) is 0 Å². The van der Waals surface area contributed by atoms with E-state index in [2.05, 4.69) is 50.4 Å². The van der Waals surface area contributed by atoms with Crippen LogP contribution in [0.3, 0.4) is 0 Å². The Labute approximate surface area is 200 Å². The van der Waals surface area contributed by atoms with Crippen molar-refractivity contribution < 1.29 is 4.79 Å². The molecule has 2 aliphatic rings. The third-order valence-electron chi connectivity index (χ3n) is 7.04. The Morgan fingerprint density at radius 3 is 2.79 bits per heavy atom. The van der Waals surface area contributed by atoms with E-state index >= 15 is 0 Å². The lowest BCUT2D eigenvalue weighted by Gasteiger charge is -2.36. The van der Waals surface area contributed by atoms with Crippen molar-refractivity contribution in [2.45, 2.75) is 19.3 Å². The second-order valence-corrected chi connectivity index (χ2v) is 9.32. The number of hydrogen-bond donors (Lipinski definition) is 2. The van der Waals surface area contributed by atoms with Gasteiger partial charge < -0.3 is 15.2 Å². The summed E-state index contributed by atoms with van der Waals surface area (Å²) >= 11 is 0. The van der Waals surface area contributed by atoms with Crippen molar-refractivity contribution in [2.24, 2.45) is 0 Å². The predicted molar refractivity (Wildman–Crippen MR) is 137 cm³/mol. The summed E-state index contributed by atoms with van der Waals surface area (Å²) in [4.78, 5) is 20.9. The van der Waals surface area contributed by atoms with Crippen LogP contribution in [0.25, 0.3) is 17.0 Å². The average Bonchev–Trinajstić information content (AvgIpc) is 3.47. The zero-order chi connectivity index (χ0) is 23.5. The molecule has 1 saturated heterocycles. The van der Waals surface area contributed by atoms with E-state index in [1.807, 2.05) is 13.1 Å². The van der Waals surface area contributed by atoms with Gasteiger partial charge in [0.2, 0.25) is 0 Å². The summed E-state index contributed by atoms with van der Waals surface area (Å²) in [6, 6.07) is 14.5. The molecule has 1 aliphatic carbocycles. The number of anilines is 1. The summed E-state index contributed by atoms with van der Waals surface area (Å²) in [6.07, 6.45) is 6.54. The van der Waals surface area contributed by atoms with E-state index < -0.39 is 0 Å². The molecule has 0 radical (unpaired) electrons. The Morgan fingerprint density at radius 1 is 1.15 bits per heavy atom. The topological polar surface area (TPSA) is 75.2 Å². The molecule has 2 heterocycles. The van der Waals surface area contributed by atoms with E-state index in [-0.39, 0.29) is 5.78 Å². The zero-order valence-electron chi connectivity index (χ0n) is 19.7. The molecule has 6 nitrogen and oxygen atoms in total. The van der Waals surface area contributed by atoms with Gasteiger partial charge in [0.15, 0.2) is 5.78 Å². The molecule has 5 rings (SSSR count). The van der Waals surface area contributed by atoms with Crippen molar-refractivity contribution in [1.82, 2.24) is 15.2 Å². The van der Waals surface area contributed by atoms with E-state index in [9.17, 15) is 4.79 Å². The number of benzene rings is 2. The van der Waals surface area contributed by atoms with Crippen LogP contribution in [0.5, 0.6) is 0 Å². The number of nitrogens with one attached hydrogen (secondary N) is 2. The Kier molecular flexibility index (Phi) is 6.48. The monoisotopic (exact) mass is 453 g/mol. The highest BCUT2D eigenvalue weighted by Crippen LogP contribution is 2.29. The van der Waals surface area contributed by atoms with Gasteiger partial charge in [-0.15, -0.1) is 0 Å². The van der Waals surface area contributed by atoms with Gasteiger partial charge in [0.05, 0.1) is 11.6 Å². The fraction of sp³-hybridized carbons (Fsp3) is 0.357. The number of H-pyrrole nitrogens is 1. The van der Waals surface area contributed by atoms with E-state index in [1.165, 1.54) is 22.4 Å². The summed E-state index contributed by atoms with van der Waals surface area (Å²) in [5.74, 6) is 0.142. The lowest BCUT2D eigenvalue weighted by Crippen LogP contribution is -2.46. The Morgan fingerprint density at radius 2 is 2.00 bits per heavy atom. The minimum Gasteiger partial charge on any atom is -0.369 e. The van der Waals surface area contributed by atoms with E-state index in [4.69, 9.17) is 5.26 Å². The maximum absolute atomic E-state index is 12.8. The lowest BCUT2D eigenvalue weighted by atomic mass is 10.0. The molecule has 0 atom stereocenters. The van der Waals surface area contributed by atoms with Gasteiger partial charge in [0.1, 0.15) is 0 Å². The number of carbonyl (C=O) groups is 1. The molecule has 0 spiro atoms. The van der Waals surface area contributed by atoms with Crippen molar-refractivity contribution >= 4 is 28.4 Å². The normalized spacial score (nSPS) is 15.9. The maximum Gasteiger partial charge on any atom is 0.165 e. The van der Waals surface area contributed by atoms with E-state index in [0.29, 0.717) is 17.5 Å². The molecule has 1 aliphatic heterocycles. The largest absolute Gasteiger partial charge is 0.369 e. The van der Waals surface area contributed by atoms with Crippen molar-refractivity contribution in [3.8, 4) is 6.07 Å². The van der Waals surface area contributed by atoms with Crippen LogP contribution in [-0.4, -0.2) is 62.0 Å². The van der Waals surface area contributed by atoms with Crippen LogP contribution in [0.15, 0.2) is 48.2 Å². The molecule has 3 aromatic rings. The van der Waals surface area contributed by atoms with Crippen molar-refractivity contribution in [3.05, 3.63) is 70.4 Å². The SMILES string of the molecule is CNCC1=Cc2cc(N3CCN(CCCC(=O)c4c[nH]c5ccc(C#N)cc45)CC3)ccc2C1. The smallest absolute Gasteiger partial charge is 0.165 e. The number of ketones is 1. The first-order valence-electron chi connectivity index (χ1n) is 12.1. The fourth-order valence-corrected chi connectivity index (χ4v) is 5.18. The fourth-order valence-electron chi connectivity index (χ4n) is 5.18. The zero-order valence-corrected chi connectivity index (χ0v) is 19.7. The molecule has 0 saturated carbocycles. The number of rotatable bonds is 8. The standard InChI is InChI=1S/C28H31N5O/c1-30-18-21-13-22-5-6-24(16-23(22)14-21)33-11-9-32(10-12-33)8-2-3-28(34)26-19-31-27-7-4-20(17-29)15-25(26)27/h4-7,14-16,19,30-31H,2-3,8-13,18H2,1H3. The van der Waals surface area contributed by atoms with Crippen LogP contribution in [0.4, 0.5) is 5.69 Å². The summed E-state index contributed by atoms with van der Waals surface area (Å²) < 4.78 is 0. The van der Waals surface area contributed by atoms with Gasteiger partial charge in [0.25, 0.3) is 0 Å². The van der Waals surface area contributed by atoms with Crippen LogP contribution in [0.1, 0.15) is 39.9 Å². The van der Waals surface area contributed by atoms with Gasteiger partial charge in [0, 0.05) is 67.5 Å². The summed E-state index contributed by atoms with van der Waals surface area (Å²) in [6.45, 7) is 5.95. The molecule has 0 unspecified atom stereocenters. The summed E-state index contributed by atoms with van der Waals surface area (Å²) in [7, 11) is 2.00.